The third kappa shape index (κ3) is 4.11. The van der Waals surface area contributed by atoms with Crippen molar-refractivity contribution in [2.45, 2.75) is 25.6 Å². The van der Waals surface area contributed by atoms with Gasteiger partial charge < -0.3 is 15.4 Å². The molecule has 0 amide bonds. The molecule has 0 saturated carbocycles. The number of alkyl halides is 3. The van der Waals surface area contributed by atoms with E-state index in [4.69, 9.17) is 10.5 Å². The van der Waals surface area contributed by atoms with E-state index >= 15 is 0 Å². The van der Waals surface area contributed by atoms with Crippen molar-refractivity contribution >= 4 is 5.69 Å². The summed E-state index contributed by atoms with van der Waals surface area (Å²) in [6.45, 7) is 2.36. The van der Waals surface area contributed by atoms with Gasteiger partial charge >= 0.3 is 6.18 Å². The van der Waals surface area contributed by atoms with Crippen LogP contribution in [0.25, 0.3) is 0 Å². The smallest absolute Gasteiger partial charge is 0.381 e. The molecule has 21 heavy (non-hydrogen) atoms. The Morgan fingerprint density at radius 1 is 1.38 bits per heavy atom. The first-order valence-corrected chi connectivity index (χ1v) is 7.11. The molecule has 1 atom stereocenters. The largest absolute Gasteiger partial charge is 0.416 e. The van der Waals surface area contributed by atoms with Crippen LogP contribution in [0.5, 0.6) is 0 Å². The molecule has 6 heteroatoms. The van der Waals surface area contributed by atoms with Gasteiger partial charge in [-0.05, 0) is 42.5 Å². The minimum Gasteiger partial charge on any atom is -0.381 e. The second-order valence-electron chi connectivity index (χ2n) is 5.51. The maximum absolute atomic E-state index is 12.7. The van der Waals surface area contributed by atoms with Crippen LogP contribution in [0, 0.1) is 5.92 Å². The van der Waals surface area contributed by atoms with Crippen molar-refractivity contribution in [1.29, 1.82) is 0 Å². The van der Waals surface area contributed by atoms with Crippen molar-refractivity contribution in [2.24, 2.45) is 11.7 Å². The summed E-state index contributed by atoms with van der Waals surface area (Å²) in [4.78, 5) is 1.97. The first-order chi connectivity index (χ1) is 9.91. The van der Waals surface area contributed by atoms with Crippen LogP contribution < -0.4 is 10.6 Å². The second-order valence-corrected chi connectivity index (χ2v) is 5.51. The molecule has 1 aromatic carbocycles. The summed E-state index contributed by atoms with van der Waals surface area (Å²) in [6.07, 6.45) is -2.21. The Labute approximate surface area is 122 Å². The summed E-state index contributed by atoms with van der Waals surface area (Å²) in [6, 6.07) is 3.76. The first-order valence-electron chi connectivity index (χ1n) is 7.11. The SMILES string of the molecule is CN(CC1CCCOC1)c1ccc(C(F)(F)F)cc1CN. The molecule has 0 spiro atoms. The minimum atomic E-state index is -4.34. The van der Waals surface area contributed by atoms with Crippen LogP contribution in [0.4, 0.5) is 18.9 Å². The lowest BCUT2D eigenvalue weighted by atomic mass is 10.0. The van der Waals surface area contributed by atoms with E-state index in [9.17, 15) is 13.2 Å². The van der Waals surface area contributed by atoms with Crippen LogP contribution in [0.2, 0.25) is 0 Å². The molecule has 1 fully saturated rings. The number of anilines is 1. The minimum absolute atomic E-state index is 0.0881. The number of nitrogens with two attached hydrogens (primary N) is 1. The molecular weight excluding hydrogens is 281 g/mol. The molecule has 2 rings (SSSR count). The first kappa shape index (κ1) is 16.1. The number of halogens is 3. The van der Waals surface area contributed by atoms with Gasteiger partial charge in [-0.3, -0.25) is 0 Å². The van der Waals surface area contributed by atoms with Crippen LogP contribution in [-0.4, -0.2) is 26.8 Å². The van der Waals surface area contributed by atoms with Gasteiger partial charge in [0.1, 0.15) is 0 Å². The van der Waals surface area contributed by atoms with Gasteiger partial charge in [-0.1, -0.05) is 0 Å². The lowest BCUT2D eigenvalue weighted by Crippen LogP contribution is -2.31. The topological polar surface area (TPSA) is 38.5 Å². The third-order valence-electron chi connectivity index (χ3n) is 3.82. The highest BCUT2D eigenvalue weighted by atomic mass is 19.4. The fraction of sp³-hybridized carbons (Fsp3) is 0.600. The van der Waals surface area contributed by atoms with Gasteiger partial charge in [0, 0.05) is 32.4 Å². The van der Waals surface area contributed by atoms with Gasteiger partial charge in [0.05, 0.1) is 12.2 Å². The predicted molar refractivity (Wildman–Crippen MR) is 76.1 cm³/mol. The highest BCUT2D eigenvalue weighted by Crippen LogP contribution is 2.33. The normalized spacial score (nSPS) is 19.6. The van der Waals surface area contributed by atoms with Crippen molar-refractivity contribution < 1.29 is 17.9 Å². The van der Waals surface area contributed by atoms with Crippen LogP contribution >= 0.6 is 0 Å². The zero-order chi connectivity index (χ0) is 15.5. The standard InChI is InChI=1S/C15H21F3N2O/c1-20(9-11-3-2-6-21-10-11)14-5-4-13(15(16,17)18)7-12(14)8-19/h4-5,7,11H,2-3,6,8-10,19H2,1H3. The Morgan fingerprint density at radius 3 is 2.71 bits per heavy atom. The van der Waals surface area contributed by atoms with Crippen molar-refractivity contribution in [3.63, 3.8) is 0 Å². The van der Waals surface area contributed by atoms with E-state index in [0.29, 0.717) is 18.1 Å². The summed E-state index contributed by atoms with van der Waals surface area (Å²) in [7, 11) is 1.89. The maximum atomic E-state index is 12.7. The summed E-state index contributed by atoms with van der Waals surface area (Å²) in [5.41, 5.74) is 6.24. The Hall–Kier alpha value is -1.27. The average molecular weight is 302 g/mol. The van der Waals surface area contributed by atoms with Crippen molar-refractivity contribution in [3.8, 4) is 0 Å². The molecule has 1 aromatic rings. The van der Waals surface area contributed by atoms with Crippen LogP contribution in [-0.2, 0) is 17.5 Å². The van der Waals surface area contributed by atoms with Crippen LogP contribution in [0.15, 0.2) is 18.2 Å². The molecule has 1 unspecified atom stereocenters. The quantitative estimate of drug-likeness (QED) is 0.929. The van der Waals surface area contributed by atoms with E-state index in [1.807, 2.05) is 11.9 Å². The zero-order valence-corrected chi connectivity index (χ0v) is 12.1. The third-order valence-corrected chi connectivity index (χ3v) is 3.82. The molecule has 1 heterocycles. The van der Waals surface area contributed by atoms with E-state index in [1.54, 1.807) is 0 Å². The summed E-state index contributed by atoms with van der Waals surface area (Å²) < 4.78 is 43.7. The van der Waals surface area contributed by atoms with Crippen molar-refractivity contribution in [2.75, 3.05) is 31.7 Å². The molecule has 0 bridgehead atoms. The Morgan fingerprint density at radius 2 is 2.14 bits per heavy atom. The fourth-order valence-electron chi connectivity index (χ4n) is 2.73. The number of nitrogens with zero attached hydrogens (tertiary/aromatic N) is 1. The van der Waals surface area contributed by atoms with Crippen molar-refractivity contribution in [1.82, 2.24) is 0 Å². The number of hydrogen-bond donors (Lipinski definition) is 1. The van der Waals surface area contributed by atoms with E-state index in [0.717, 1.165) is 43.8 Å². The number of hydrogen-bond acceptors (Lipinski definition) is 3. The van der Waals surface area contributed by atoms with Crippen molar-refractivity contribution in [3.05, 3.63) is 29.3 Å². The monoisotopic (exact) mass is 302 g/mol. The Kier molecular flexibility index (Phi) is 5.11. The van der Waals surface area contributed by atoms with Gasteiger partial charge in [-0.2, -0.15) is 13.2 Å². The Balaban J connectivity index is 2.14. The van der Waals surface area contributed by atoms with Gasteiger partial charge in [0.25, 0.3) is 0 Å². The molecule has 0 aromatic heterocycles. The number of rotatable bonds is 4. The number of benzene rings is 1. The molecule has 118 valence electrons. The van der Waals surface area contributed by atoms with Crippen LogP contribution in [0.1, 0.15) is 24.0 Å². The molecule has 2 N–H and O–H groups in total. The average Bonchev–Trinajstić information content (AvgIpc) is 2.46. The maximum Gasteiger partial charge on any atom is 0.416 e. The van der Waals surface area contributed by atoms with Crippen LogP contribution in [0.3, 0.4) is 0 Å². The van der Waals surface area contributed by atoms with E-state index < -0.39 is 11.7 Å². The van der Waals surface area contributed by atoms with Gasteiger partial charge in [-0.15, -0.1) is 0 Å². The molecule has 0 radical (unpaired) electrons. The van der Waals surface area contributed by atoms with Gasteiger partial charge in [0.2, 0.25) is 0 Å². The highest BCUT2D eigenvalue weighted by Gasteiger charge is 2.31. The molecule has 1 aliphatic rings. The summed E-state index contributed by atoms with van der Waals surface area (Å²) in [5, 5.41) is 0. The predicted octanol–water partition coefficient (Wildman–Crippen LogP) is 3.03. The Bertz CT molecular complexity index is 470. The highest BCUT2D eigenvalue weighted by molar-refractivity contribution is 5.55. The summed E-state index contributed by atoms with van der Waals surface area (Å²) in [5.74, 6) is 0.414. The lowest BCUT2D eigenvalue weighted by molar-refractivity contribution is -0.137. The molecular formula is C15H21F3N2O. The van der Waals surface area contributed by atoms with Gasteiger partial charge in [0.15, 0.2) is 0 Å². The zero-order valence-electron chi connectivity index (χ0n) is 12.1. The van der Waals surface area contributed by atoms with E-state index in [2.05, 4.69) is 0 Å². The van der Waals surface area contributed by atoms with E-state index in [1.165, 1.54) is 6.07 Å². The molecule has 1 aliphatic heterocycles. The fourth-order valence-corrected chi connectivity index (χ4v) is 2.73. The lowest BCUT2D eigenvalue weighted by Gasteiger charge is -2.30. The molecule has 1 saturated heterocycles. The van der Waals surface area contributed by atoms with E-state index in [-0.39, 0.29) is 6.54 Å². The molecule has 0 aliphatic carbocycles. The summed E-state index contributed by atoms with van der Waals surface area (Å²) >= 11 is 0. The molecule has 3 nitrogen and oxygen atoms in total. The second kappa shape index (κ2) is 6.66. The van der Waals surface area contributed by atoms with Gasteiger partial charge in [-0.25, -0.2) is 0 Å². The number of ether oxygens (including phenoxy) is 1.